The zero-order chi connectivity index (χ0) is 11.5. The Labute approximate surface area is 113 Å². The maximum atomic E-state index is 5.99. The molecule has 0 aromatic carbocycles. The van der Waals surface area contributed by atoms with Crippen LogP contribution in [0.4, 0.5) is 0 Å². The zero-order valence-electron chi connectivity index (χ0n) is 9.92. The average Bonchev–Trinajstić information content (AvgIpc) is 2.84. The molecule has 0 radical (unpaired) electrons. The molecule has 83 valence electrons. The van der Waals surface area contributed by atoms with E-state index in [2.05, 4.69) is 38.2 Å². The van der Waals surface area contributed by atoms with Crippen LogP contribution in [0.5, 0.6) is 0 Å². The van der Waals surface area contributed by atoms with E-state index in [0.29, 0.717) is 0 Å². The van der Waals surface area contributed by atoms with Gasteiger partial charge in [-0.25, -0.2) is 0 Å². The second-order valence-corrected chi connectivity index (χ2v) is 5.03. The molecule has 0 saturated heterocycles. The Morgan fingerprint density at radius 1 is 1.12 bits per heavy atom. The topological polar surface area (TPSA) is 9.23 Å². The fraction of sp³-hybridized carbons (Fsp3) is 0.429. The van der Waals surface area contributed by atoms with Gasteiger partial charge < -0.3 is 0 Å². The van der Waals surface area contributed by atoms with Crippen molar-refractivity contribution in [3.8, 4) is 0 Å². The molecule has 0 amide bonds. The Morgan fingerprint density at radius 2 is 1.62 bits per heavy atom. The van der Waals surface area contributed by atoms with Gasteiger partial charge >= 0.3 is 113 Å². The van der Waals surface area contributed by atoms with Gasteiger partial charge in [-0.1, -0.05) is 0 Å². The fourth-order valence-corrected chi connectivity index (χ4v) is 2.79. The van der Waals surface area contributed by atoms with Crippen molar-refractivity contribution in [2.45, 2.75) is 32.8 Å². The van der Waals surface area contributed by atoms with Gasteiger partial charge in [0.25, 0.3) is 0 Å². The molecule has 1 nitrogen and oxygen atoms in total. The van der Waals surface area contributed by atoms with E-state index in [1.54, 1.807) is 0 Å². The molecule has 0 atom stereocenters. The predicted octanol–water partition coefficient (Wildman–Crippen LogP) is 3.43. The number of ether oxygens (including phenoxy) is 1. The molecule has 0 saturated carbocycles. The van der Waals surface area contributed by atoms with E-state index >= 15 is 0 Å². The average molecular weight is 293 g/mol. The third kappa shape index (κ3) is 2.38. The summed E-state index contributed by atoms with van der Waals surface area (Å²) in [5, 5.41) is 0. The van der Waals surface area contributed by atoms with E-state index in [1.165, 1.54) is 47.0 Å². The summed E-state index contributed by atoms with van der Waals surface area (Å²) < 4.78 is 6.86. The molecule has 2 heteroatoms. The first-order valence-corrected chi connectivity index (χ1v) is 7.46. The van der Waals surface area contributed by atoms with Crippen LogP contribution in [-0.2, 0) is 29.5 Å². The first-order chi connectivity index (χ1) is 7.74. The van der Waals surface area contributed by atoms with Gasteiger partial charge in [0.15, 0.2) is 0 Å². The van der Waals surface area contributed by atoms with Crippen LogP contribution in [0.1, 0.15) is 26.7 Å². The molecule has 0 bridgehead atoms. The van der Waals surface area contributed by atoms with E-state index in [0.717, 1.165) is 17.2 Å². The van der Waals surface area contributed by atoms with Gasteiger partial charge in [0.1, 0.15) is 0 Å². The van der Waals surface area contributed by atoms with E-state index in [1.807, 2.05) is 0 Å². The van der Waals surface area contributed by atoms with E-state index < -0.39 is 0 Å². The van der Waals surface area contributed by atoms with Crippen molar-refractivity contribution in [3.05, 3.63) is 46.6 Å². The van der Waals surface area contributed by atoms with Crippen LogP contribution in [0, 0.1) is 0 Å². The molecule has 2 aliphatic carbocycles. The second-order valence-electron chi connectivity index (χ2n) is 4.32. The Kier molecular flexibility index (Phi) is 4.16. The Bertz CT molecular complexity index is 363. The molecule has 2 aliphatic rings. The van der Waals surface area contributed by atoms with Crippen LogP contribution in [0.2, 0.25) is 0 Å². The SMILES string of the molecule is CC1=C(C(O[CH2][Zr])C2=C(C)C=CC2)CC=C1. The monoisotopic (exact) mass is 291 g/mol. The molecule has 2 rings (SSSR count). The maximum absolute atomic E-state index is 5.99. The van der Waals surface area contributed by atoms with Gasteiger partial charge in [0.05, 0.1) is 0 Å². The minimum atomic E-state index is 0.226. The van der Waals surface area contributed by atoms with Crippen LogP contribution in [-0.4, -0.2) is 10.4 Å². The van der Waals surface area contributed by atoms with Gasteiger partial charge in [-0.05, 0) is 0 Å². The summed E-state index contributed by atoms with van der Waals surface area (Å²) in [5.41, 5.74) is 5.70. The number of rotatable bonds is 4. The van der Waals surface area contributed by atoms with Crippen molar-refractivity contribution in [1.29, 1.82) is 0 Å². The van der Waals surface area contributed by atoms with Crippen molar-refractivity contribution < 1.29 is 29.5 Å². The number of allylic oxidation sites excluding steroid dienone is 6. The molecular formula is C14H17OZr. The molecule has 0 heterocycles. The van der Waals surface area contributed by atoms with Crippen LogP contribution in [0.15, 0.2) is 46.6 Å². The van der Waals surface area contributed by atoms with Gasteiger partial charge in [0.2, 0.25) is 0 Å². The van der Waals surface area contributed by atoms with Gasteiger partial charge in [-0.2, -0.15) is 0 Å². The fourth-order valence-electron chi connectivity index (χ4n) is 2.38. The molecule has 0 unspecified atom stereocenters. The quantitative estimate of drug-likeness (QED) is 0.771. The van der Waals surface area contributed by atoms with Crippen molar-refractivity contribution in [2.24, 2.45) is 0 Å². The summed E-state index contributed by atoms with van der Waals surface area (Å²) in [6.07, 6.45) is 11.3. The third-order valence-corrected chi connectivity index (χ3v) is 3.72. The van der Waals surface area contributed by atoms with E-state index in [9.17, 15) is 0 Å². The first-order valence-electron chi connectivity index (χ1n) is 5.72. The number of hydrogen-bond acceptors (Lipinski definition) is 1. The van der Waals surface area contributed by atoms with E-state index in [4.69, 9.17) is 4.74 Å². The van der Waals surface area contributed by atoms with Crippen LogP contribution < -0.4 is 0 Å². The number of hydrogen-bond donors (Lipinski definition) is 0. The first kappa shape index (κ1) is 12.3. The van der Waals surface area contributed by atoms with Gasteiger partial charge in [-0.3, -0.25) is 0 Å². The van der Waals surface area contributed by atoms with Crippen LogP contribution >= 0.6 is 0 Å². The van der Waals surface area contributed by atoms with Crippen molar-refractivity contribution >= 4 is 0 Å². The Morgan fingerprint density at radius 3 is 1.94 bits per heavy atom. The second kappa shape index (κ2) is 5.42. The van der Waals surface area contributed by atoms with Crippen molar-refractivity contribution in [2.75, 3.05) is 4.31 Å². The standard InChI is InChI=1S/C14H17O.Zr/c1-10-6-4-8-12(10)14(15-3)13-9-5-7-11(13)2;/h4-7,14H,3,8-9H2,1-2H3;. The van der Waals surface area contributed by atoms with Crippen LogP contribution in [0.25, 0.3) is 0 Å². The van der Waals surface area contributed by atoms with E-state index in [-0.39, 0.29) is 6.10 Å². The summed E-state index contributed by atoms with van der Waals surface area (Å²) in [4.78, 5) is 0. The Hall–Kier alpha value is -0.197. The van der Waals surface area contributed by atoms with Crippen LogP contribution in [0.3, 0.4) is 0 Å². The molecule has 0 aliphatic heterocycles. The molecular weight excluding hydrogens is 275 g/mol. The summed E-state index contributed by atoms with van der Waals surface area (Å²) in [5.74, 6) is 0. The summed E-state index contributed by atoms with van der Waals surface area (Å²) in [6.45, 7) is 4.38. The molecule has 0 aromatic heterocycles. The van der Waals surface area contributed by atoms with Crippen molar-refractivity contribution in [3.63, 3.8) is 0 Å². The van der Waals surface area contributed by atoms with Gasteiger partial charge in [-0.15, -0.1) is 0 Å². The molecule has 0 spiro atoms. The van der Waals surface area contributed by atoms with Gasteiger partial charge in [0, 0.05) is 0 Å². The zero-order valence-corrected chi connectivity index (χ0v) is 12.4. The molecule has 0 fully saturated rings. The third-order valence-electron chi connectivity index (χ3n) is 3.31. The summed E-state index contributed by atoms with van der Waals surface area (Å²) in [7, 11) is 0. The minimum absolute atomic E-state index is 0.226. The summed E-state index contributed by atoms with van der Waals surface area (Å²) >= 11 is 1.45. The molecule has 16 heavy (non-hydrogen) atoms. The Balaban J connectivity index is 2.25. The molecule has 0 N–H and O–H groups in total. The molecule has 0 aromatic rings. The summed E-state index contributed by atoms with van der Waals surface area (Å²) in [6, 6.07) is 0. The van der Waals surface area contributed by atoms with Crippen molar-refractivity contribution in [1.82, 2.24) is 0 Å². The predicted molar refractivity (Wildman–Crippen MR) is 62.7 cm³/mol. The normalized spacial score (nSPS) is 19.6.